The fourth-order valence-corrected chi connectivity index (χ4v) is 3.33. The van der Waals surface area contributed by atoms with E-state index in [9.17, 15) is 9.90 Å². The van der Waals surface area contributed by atoms with E-state index in [1.54, 1.807) is 12.2 Å². The number of aliphatic hydroxyl groups excluding tert-OH is 1. The molecule has 2 aliphatic rings. The van der Waals surface area contributed by atoms with Gasteiger partial charge in [-0.25, -0.2) is 0 Å². The number of allylic oxidation sites excluding steroid dienone is 2. The van der Waals surface area contributed by atoms with Crippen LogP contribution in [0.5, 0.6) is 0 Å². The zero-order valence-electron chi connectivity index (χ0n) is 14.0. The van der Waals surface area contributed by atoms with Crippen molar-refractivity contribution in [3.8, 4) is 0 Å². The molecule has 0 aromatic heterocycles. The van der Waals surface area contributed by atoms with E-state index in [4.69, 9.17) is 9.47 Å². The molecule has 1 heterocycles. The molecule has 0 aromatic carbocycles. The van der Waals surface area contributed by atoms with Gasteiger partial charge < -0.3 is 14.6 Å². The number of unbranched alkanes of at least 4 members (excludes halogenated alkanes) is 1. The normalized spacial score (nSPS) is 34.7. The number of hydrogen-bond donors (Lipinski definition) is 1. The van der Waals surface area contributed by atoms with Crippen LogP contribution in [0.4, 0.5) is 0 Å². The molecule has 3 atom stereocenters. The van der Waals surface area contributed by atoms with Gasteiger partial charge in [-0.15, -0.1) is 13.2 Å². The summed E-state index contributed by atoms with van der Waals surface area (Å²) >= 11 is 0. The molecule has 0 radical (unpaired) electrons. The molecule has 1 fully saturated rings. The molecule has 1 saturated heterocycles. The van der Waals surface area contributed by atoms with Crippen LogP contribution in [0.25, 0.3) is 0 Å². The average molecular weight is 318 g/mol. The van der Waals surface area contributed by atoms with Crippen molar-refractivity contribution in [1.82, 2.24) is 0 Å². The minimum absolute atomic E-state index is 0.172. The van der Waals surface area contributed by atoms with E-state index >= 15 is 0 Å². The van der Waals surface area contributed by atoms with Crippen molar-refractivity contribution in [1.29, 1.82) is 0 Å². The second kappa shape index (κ2) is 6.85. The Morgan fingerprint density at radius 2 is 1.96 bits per heavy atom. The summed E-state index contributed by atoms with van der Waals surface area (Å²) in [4.78, 5) is 11.9. The van der Waals surface area contributed by atoms with Gasteiger partial charge in [0.25, 0.3) is 0 Å². The molecule has 4 nitrogen and oxygen atoms in total. The number of ketones is 1. The number of aliphatic hydroxyl groups is 1. The third-order valence-electron chi connectivity index (χ3n) is 4.80. The number of ether oxygens (including phenoxy) is 2. The Kier molecular flexibility index (Phi) is 5.27. The third kappa shape index (κ3) is 3.06. The molecule has 0 unspecified atom stereocenters. The van der Waals surface area contributed by atoms with Gasteiger partial charge in [-0.2, -0.15) is 0 Å². The number of carbonyl (C=O) groups is 1. The highest BCUT2D eigenvalue weighted by atomic mass is 16.8. The molecule has 23 heavy (non-hydrogen) atoms. The molecule has 1 aliphatic heterocycles. The summed E-state index contributed by atoms with van der Waals surface area (Å²) in [6.07, 6.45) is 10.2. The standard InChI is InChI=1S/C19H26O4/c1-5-8-10-19(22-16(6-2)17(7-3)23-19)18(4)11-9-15(21)14(12-18)13-20/h6-7,9,11,13,16-17,20H,2-3,5,8,10,12H2,1,4H3/b14-13-/t16-,17-,18-/m1/s1. The van der Waals surface area contributed by atoms with Crippen LogP contribution in [0.1, 0.15) is 39.5 Å². The quantitative estimate of drug-likeness (QED) is 0.457. The van der Waals surface area contributed by atoms with Crippen LogP contribution in [0.2, 0.25) is 0 Å². The minimum Gasteiger partial charge on any atom is -0.515 e. The lowest BCUT2D eigenvalue weighted by molar-refractivity contribution is -0.233. The van der Waals surface area contributed by atoms with Crippen molar-refractivity contribution in [2.45, 2.75) is 57.5 Å². The zero-order valence-corrected chi connectivity index (χ0v) is 14.0. The monoisotopic (exact) mass is 318 g/mol. The Labute approximate surface area is 138 Å². The van der Waals surface area contributed by atoms with Gasteiger partial charge in [0.05, 0.1) is 6.26 Å². The van der Waals surface area contributed by atoms with E-state index in [-0.39, 0.29) is 18.0 Å². The van der Waals surface area contributed by atoms with Gasteiger partial charge in [0, 0.05) is 17.4 Å². The minimum atomic E-state index is -0.869. The Morgan fingerprint density at radius 3 is 2.43 bits per heavy atom. The first-order valence-corrected chi connectivity index (χ1v) is 8.13. The largest absolute Gasteiger partial charge is 0.515 e. The molecule has 1 aliphatic carbocycles. The smallest absolute Gasteiger partial charge is 0.184 e. The zero-order chi connectivity index (χ0) is 17.1. The van der Waals surface area contributed by atoms with Crippen molar-refractivity contribution in [2.24, 2.45) is 5.41 Å². The summed E-state index contributed by atoms with van der Waals surface area (Å²) in [6.45, 7) is 11.8. The summed E-state index contributed by atoms with van der Waals surface area (Å²) in [5, 5.41) is 9.36. The molecule has 2 rings (SSSR count). The highest BCUT2D eigenvalue weighted by molar-refractivity contribution is 6.04. The summed E-state index contributed by atoms with van der Waals surface area (Å²) in [6, 6.07) is 0. The van der Waals surface area contributed by atoms with Gasteiger partial charge in [-0.3, -0.25) is 4.79 Å². The van der Waals surface area contributed by atoms with Gasteiger partial charge in [0.15, 0.2) is 11.6 Å². The molecule has 1 N–H and O–H groups in total. The first kappa shape index (κ1) is 17.7. The van der Waals surface area contributed by atoms with Crippen LogP contribution in [0, 0.1) is 5.41 Å². The first-order chi connectivity index (χ1) is 10.9. The lowest BCUT2D eigenvalue weighted by atomic mass is 9.70. The maximum Gasteiger partial charge on any atom is 0.184 e. The van der Waals surface area contributed by atoms with E-state index in [2.05, 4.69) is 20.1 Å². The summed E-state index contributed by atoms with van der Waals surface area (Å²) < 4.78 is 12.6. The molecule has 0 saturated carbocycles. The van der Waals surface area contributed by atoms with Crippen molar-refractivity contribution in [3.05, 3.63) is 49.3 Å². The average Bonchev–Trinajstić information content (AvgIpc) is 2.95. The Balaban J connectivity index is 2.43. The molecule has 0 aromatic rings. The second-order valence-corrected chi connectivity index (χ2v) is 6.44. The van der Waals surface area contributed by atoms with Crippen LogP contribution in [-0.2, 0) is 14.3 Å². The Hall–Kier alpha value is -1.65. The maximum absolute atomic E-state index is 11.9. The fraction of sp³-hybridized carbons (Fsp3) is 0.526. The lowest BCUT2D eigenvalue weighted by Gasteiger charge is -2.44. The van der Waals surface area contributed by atoms with E-state index < -0.39 is 11.2 Å². The molecular weight excluding hydrogens is 292 g/mol. The summed E-state index contributed by atoms with van der Waals surface area (Å²) in [5.41, 5.74) is -0.181. The Morgan fingerprint density at radius 1 is 1.35 bits per heavy atom. The molecule has 126 valence electrons. The predicted molar refractivity (Wildman–Crippen MR) is 90.0 cm³/mol. The van der Waals surface area contributed by atoms with Crippen molar-refractivity contribution < 1.29 is 19.4 Å². The van der Waals surface area contributed by atoms with Gasteiger partial charge in [-0.1, -0.05) is 38.5 Å². The molecule has 0 bridgehead atoms. The number of hydrogen-bond acceptors (Lipinski definition) is 4. The number of carbonyl (C=O) groups excluding carboxylic acids is 1. The van der Waals surface area contributed by atoms with E-state index in [1.165, 1.54) is 6.08 Å². The molecule has 4 heteroatoms. The van der Waals surface area contributed by atoms with Crippen molar-refractivity contribution >= 4 is 5.78 Å². The van der Waals surface area contributed by atoms with Crippen LogP contribution >= 0.6 is 0 Å². The lowest BCUT2D eigenvalue weighted by Crippen LogP contribution is -2.49. The van der Waals surface area contributed by atoms with Gasteiger partial charge in [0.1, 0.15) is 12.2 Å². The molecule has 0 amide bonds. The van der Waals surface area contributed by atoms with E-state index in [1.807, 2.05) is 13.0 Å². The predicted octanol–water partition coefficient (Wildman–Crippen LogP) is 4.01. The van der Waals surface area contributed by atoms with Crippen LogP contribution < -0.4 is 0 Å². The first-order valence-electron chi connectivity index (χ1n) is 8.13. The second-order valence-electron chi connectivity index (χ2n) is 6.44. The van der Waals surface area contributed by atoms with Gasteiger partial charge >= 0.3 is 0 Å². The van der Waals surface area contributed by atoms with Crippen molar-refractivity contribution in [3.63, 3.8) is 0 Å². The van der Waals surface area contributed by atoms with Gasteiger partial charge in [-0.05, 0) is 18.9 Å². The maximum atomic E-state index is 11.9. The topological polar surface area (TPSA) is 55.8 Å². The highest BCUT2D eigenvalue weighted by Gasteiger charge is 2.57. The van der Waals surface area contributed by atoms with Gasteiger partial charge in [0.2, 0.25) is 0 Å². The van der Waals surface area contributed by atoms with E-state index in [0.717, 1.165) is 19.1 Å². The van der Waals surface area contributed by atoms with Crippen molar-refractivity contribution in [2.75, 3.05) is 0 Å². The van der Waals surface area contributed by atoms with Crippen LogP contribution in [0.3, 0.4) is 0 Å². The SMILES string of the molecule is C=C[C@H]1OC(CCCC)([C@]2(C)C=CC(=O)/C(=C\O)C2)O[C@@H]1C=C. The van der Waals surface area contributed by atoms with Crippen LogP contribution in [-0.4, -0.2) is 28.9 Å². The van der Waals surface area contributed by atoms with E-state index in [0.29, 0.717) is 18.4 Å². The number of rotatable bonds is 6. The summed E-state index contributed by atoms with van der Waals surface area (Å²) in [7, 11) is 0. The third-order valence-corrected chi connectivity index (χ3v) is 4.80. The molecular formula is C19H26O4. The highest BCUT2D eigenvalue weighted by Crippen LogP contribution is 2.51. The summed E-state index contributed by atoms with van der Waals surface area (Å²) in [5.74, 6) is -1.04. The Bertz CT molecular complexity index is 530. The fourth-order valence-electron chi connectivity index (χ4n) is 3.33. The van der Waals surface area contributed by atoms with Crippen LogP contribution in [0.15, 0.2) is 49.3 Å². The molecule has 0 spiro atoms.